The van der Waals surface area contributed by atoms with Crippen molar-refractivity contribution in [2.75, 3.05) is 18.5 Å². The van der Waals surface area contributed by atoms with Crippen LogP contribution in [-0.4, -0.2) is 41.6 Å². The number of nitrogens with zero attached hydrogens (tertiary/aromatic N) is 1. The van der Waals surface area contributed by atoms with Gasteiger partial charge in [-0.2, -0.15) is 0 Å². The Morgan fingerprint density at radius 2 is 1.74 bits per heavy atom. The molecule has 2 atom stereocenters. The number of carbonyl (C=O) groups excluding carboxylic acids is 3. The van der Waals surface area contributed by atoms with Crippen molar-refractivity contribution >= 4 is 23.7 Å². The number of esters is 1. The summed E-state index contributed by atoms with van der Waals surface area (Å²) < 4.78 is 10.7. The summed E-state index contributed by atoms with van der Waals surface area (Å²) in [4.78, 5) is 40.3. The number of piperidine rings is 1. The van der Waals surface area contributed by atoms with E-state index in [0.717, 1.165) is 17.5 Å². The van der Waals surface area contributed by atoms with Gasteiger partial charge in [0.25, 0.3) is 5.91 Å². The third-order valence-corrected chi connectivity index (χ3v) is 5.75. The van der Waals surface area contributed by atoms with Gasteiger partial charge >= 0.3 is 12.1 Å². The molecule has 3 rings (SSSR count). The zero-order chi connectivity index (χ0) is 24.9. The van der Waals surface area contributed by atoms with Crippen molar-refractivity contribution in [1.29, 1.82) is 0 Å². The van der Waals surface area contributed by atoms with E-state index >= 15 is 0 Å². The first-order chi connectivity index (χ1) is 16.1. The summed E-state index contributed by atoms with van der Waals surface area (Å²) in [7, 11) is 0. The minimum atomic E-state index is -0.602. The molecule has 1 fully saturated rings. The number of hydrogen-bond acceptors (Lipinski definition) is 5. The molecule has 1 N–H and O–H groups in total. The van der Waals surface area contributed by atoms with Crippen LogP contribution in [0.3, 0.4) is 0 Å². The minimum Gasteiger partial charge on any atom is -0.466 e. The molecular formula is C27H34N2O5. The molecule has 34 heavy (non-hydrogen) atoms. The molecule has 1 saturated heterocycles. The van der Waals surface area contributed by atoms with Crippen LogP contribution in [0.1, 0.15) is 68.1 Å². The summed E-state index contributed by atoms with van der Waals surface area (Å²) in [6.45, 7) is 9.92. The van der Waals surface area contributed by atoms with Crippen molar-refractivity contribution in [1.82, 2.24) is 4.90 Å². The van der Waals surface area contributed by atoms with Gasteiger partial charge < -0.3 is 14.4 Å². The van der Waals surface area contributed by atoms with E-state index in [-0.39, 0.29) is 18.5 Å². The van der Waals surface area contributed by atoms with Crippen LogP contribution in [0.25, 0.3) is 0 Å². The molecule has 2 aromatic carbocycles. The highest BCUT2D eigenvalue weighted by atomic mass is 16.6. The Morgan fingerprint density at radius 3 is 2.35 bits per heavy atom. The molecule has 7 nitrogen and oxygen atoms in total. The summed E-state index contributed by atoms with van der Waals surface area (Å²) in [6.07, 6.45) is 0.813. The number of ether oxygens (including phenoxy) is 2. The summed E-state index contributed by atoms with van der Waals surface area (Å²) >= 11 is 0. The maximum Gasteiger partial charge on any atom is 0.412 e. The standard InChI is InChI=1S/C27H34N2O5/c1-6-33-25(31)22-12-9-17-29(24(30)21-11-8-7-10-18(21)2)23(22)19-13-15-20(16-14-19)28-26(32)34-27(3,4)5/h7-8,10-11,13-16,22-23H,6,9,12,17H2,1-5H3,(H,28,32)/t22-,23?/m0/s1. The van der Waals surface area contributed by atoms with Crippen LogP contribution in [0.2, 0.25) is 0 Å². The van der Waals surface area contributed by atoms with Crippen molar-refractivity contribution in [3.63, 3.8) is 0 Å². The van der Waals surface area contributed by atoms with Gasteiger partial charge in [0.2, 0.25) is 0 Å². The van der Waals surface area contributed by atoms with E-state index in [1.165, 1.54) is 0 Å². The SMILES string of the molecule is CCOC(=O)[C@H]1CCCN(C(=O)c2ccccc2C)C1c1ccc(NC(=O)OC(C)(C)C)cc1. The predicted octanol–water partition coefficient (Wildman–Crippen LogP) is 5.50. The molecule has 1 heterocycles. The number of amides is 2. The summed E-state index contributed by atoms with van der Waals surface area (Å²) in [5.74, 6) is -0.870. The first-order valence-electron chi connectivity index (χ1n) is 11.7. The van der Waals surface area contributed by atoms with Gasteiger partial charge in [-0.15, -0.1) is 0 Å². The molecule has 1 aliphatic heterocycles. The van der Waals surface area contributed by atoms with Gasteiger partial charge in [0.1, 0.15) is 5.60 Å². The Morgan fingerprint density at radius 1 is 1.06 bits per heavy atom. The quantitative estimate of drug-likeness (QED) is 0.588. The number of likely N-dealkylation sites (tertiary alicyclic amines) is 1. The highest BCUT2D eigenvalue weighted by molar-refractivity contribution is 5.96. The molecule has 182 valence electrons. The van der Waals surface area contributed by atoms with Crippen LogP contribution in [-0.2, 0) is 14.3 Å². The van der Waals surface area contributed by atoms with E-state index in [0.29, 0.717) is 24.2 Å². The number of anilines is 1. The van der Waals surface area contributed by atoms with Crippen LogP contribution in [0, 0.1) is 12.8 Å². The lowest BCUT2D eigenvalue weighted by Crippen LogP contribution is -2.45. The normalized spacial score (nSPS) is 18.2. The molecule has 0 saturated carbocycles. The largest absolute Gasteiger partial charge is 0.466 e. The molecule has 2 amide bonds. The van der Waals surface area contributed by atoms with Crippen molar-refractivity contribution in [3.05, 3.63) is 65.2 Å². The Hall–Kier alpha value is -3.35. The Bertz CT molecular complexity index is 1030. The minimum absolute atomic E-state index is 0.104. The summed E-state index contributed by atoms with van der Waals surface area (Å²) in [6, 6.07) is 14.2. The van der Waals surface area contributed by atoms with E-state index in [1.807, 2.05) is 43.3 Å². The lowest BCUT2D eigenvalue weighted by molar-refractivity contribution is -0.151. The van der Waals surface area contributed by atoms with Crippen LogP contribution in [0.15, 0.2) is 48.5 Å². The number of hydrogen-bond donors (Lipinski definition) is 1. The van der Waals surface area contributed by atoms with Crippen LogP contribution in [0.4, 0.5) is 10.5 Å². The molecule has 0 radical (unpaired) electrons. The van der Waals surface area contributed by atoms with Crippen LogP contribution >= 0.6 is 0 Å². The molecule has 0 spiro atoms. The second kappa shape index (κ2) is 10.7. The summed E-state index contributed by atoms with van der Waals surface area (Å²) in [5, 5.41) is 2.72. The van der Waals surface area contributed by atoms with Gasteiger partial charge in [0.05, 0.1) is 18.6 Å². The van der Waals surface area contributed by atoms with Gasteiger partial charge in [-0.05, 0) is 76.8 Å². The number of rotatable bonds is 5. The third-order valence-electron chi connectivity index (χ3n) is 5.75. The highest BCUT2D eigenvalue weighted by Gasteiger charge is 2.40. The molecule has 7 heteroatoms. The fraction of sp³-hybridized carbons (Fsp3) is 0.444. The first-order valence-corrected chi connectivity index (χ1v) is 11.7. The number of benzene rings is 2. The van der Waals surface area contributed by atoms with Gasteiger partial charge in [0, 0.05) is 17.8 Å². The smallest absolute Gasteiger partial charge is 0.412 e. The van der Waals surface area contributed by atoms with E-state index in [4.69, 9.17) is 9.47 Å². The lowest BCUT2D eigenvalue weighted by atomic mass is 9.84. The second-order valence-corrected chi connectivity index (χ2v) is 9.51. The monoisotopic (exact) mass is 466 g/mol. The van der Waals surface area contributed by atoms with E-state index < -0.39 is 23.7 Å². The molecule has 1 unspecified atom stereocenters. The molecule has 1 aliphatic rings. The number of carbonyl (C=O) groups is 3. The molecular weight excluding hydrogens is 432 g/mol. The zero-order valence-electron chi connectivity index (χ0n) is 20.6. The maximum atomic E-state index is 13.6. The van der Waals surface area contributed by atoms with E-state index in [9.17, 15) is 14.4 Å². The molecule has 2 aromatic rings. The van der Waals surface area contributed by atoms with Gasteiger partial charge in [-0.3, -0.25) is 14.9 Å². The van der Waals surface area contributed by atoms with Gasteiger partial charge in [0.15, 0.2) is 0 Å². The van der Waals surface area contributed by atoms with Crippen molar-refractivity contribution in [3.8, 4) is 0 Å². The van der Waals surface area contributed by atoms with Crippen molar-refractivity contribution < 1.29 is 23.9 Å². The van der Waals surface area contributed by atoms with E-state index in [2.05, 4.69) is 5.32 Å². The van der Waals surface area contributed by atoms with Crippen LogP contribution in [0.5, 0.6) is 0 Å². The third kappa shape index (κ3) is 6.16. The Kier molecular flexibility index (Phi) is 7.97. The van der Waals surface area contributed by atoms with Crippen molar-refractivity contribution in [2.45, 2.75) is 59.1 Å². The number of nitrogens with one attached hydrogen (secondary N) is 1. The average Bonchev–Trinajstić information content (AvgIpc) is 2.78. The lowest BCUT2D eigenvalue weighted by Gasteiger charge is -2.40. The van der Waals surface area contributed by atoms with Gasteiger partial charge in [-0.25, -0.2) is 4.79 Å². The van der Waals surface area contributed by atoms with E-state index in [1.54, 1.807) is 44.7 Å². The van der Waals surface area contributed by atoms with Gasteiger partial charge in [-0.1, -0.05) is 30.3 Å². The Labute approximate surface area is 201 Å². The van der Waals surface area contributed by atoms with Crippen LogP contribution < -0.4 is 5.32 Å². The molecule has 0 bridgehead atoms. The maximum absolute atomic E-state index is 13.6. The fourth-order valence-electron chi connectivity index (χ4n) is 4.28. The highest BCUT2D eigenvalue weighted by Crippen LogP contribution is 2.38. The average molecular weight is 467 g/mol. The van der Waals surface area contributed by atoms with Crippen molar-refractivity contribution in [2.24, 2.45) is 5.92 Å². The summed E-state index contributed by atoms with van der Waals surface area (Å²) in [5.41, 5.74) is 2.30. The Balaban J connectivity index is 1.91. The molecule has 0 aliphatic carbocycles. The zero-order valence-corrected chi connectivity index (χ0v) is 20.6. The second-order valence-electron chi connectivity index (χ2n) is 9.51. The fourth-order valence-corrected chi connectivity index (χ4v) is 4.28. The molecule has 0 aromatic heterocycles. The number of aryl methyl sites for hydroxylation is 1. The first kappa shape index (κ1) is 25.3. The topological polar surface area (TPSA) is 84.9 Å². The predicted molar refractivity (Wildman–Crippen MR) is 131 cm³/mol.